The summed E-state index contributed by atoms with van der Waals surface area (Å²) in [7, 11) is 1.58. The molecule has 0 amide bonds. The fraction of sp³-hybridized carbons (Fsp3) is 0.229. The third-order valence-corrected chi connectivity index (χ3v) is 9.29. The van der Waals surface area contributed by atoms with Crippen LogP contribution in [0.2, 0.25) is 0 Å². The van der Waals surface area contributed by atoms with Gasteiger partial charge in [-0.25, -0.2) is 9.79 Å². The van der Waals surface area contributed by atoms with Crippen molar-refractivity contribution in [3.05, 3.63) is 131 Å². The number of esters is 1. The molecule has 0 saturated heterocycles. The Hall–Kier alpha value is -4.21. The fourth-order valence-corrected chi connectivity index (χ4v) is 7.22. The molecule has 0 aliphatic carbocycles. The first-order valence-corrected chi connectivity index (χ1v) is 16.0. The van der Waals surface area contributed by atoms with Gasteiger partial charge in [-0.2, -0.15) is 0 Å². The Kier molecular flexibility index (Phi) is 8.18. The van der Waals surface area contributed by atoms with Crippen molar-refractivity contribution in [3.8, 4) is 5.75 Å². The molecule has 44 heavy (non-hydrogen) atoms. The molecule has 7 nitrogen and oxygen atoms in total. The number of methoxy groups -OCH3 is 1. The van der Waals surface area contributed by atoms with Crippen LogP contribution in [-0.2, 0) is 16.1 Å². The van der Waals surface area contributed by atoms with Crippen molar-refractivity contribution in [1.29, 1.82) is 0 Å². The zero-order chi connectivity index (χ0) is 31.1. The molecule has 0 unspecified atom stereocenters. The van der Waals surface area contributed by atoms with Crippen LogP contribution in [0.1, 0.15) is 49.2 Å². The number of allylic oxidation sites excluding steroid dienone is 1. The van der Waals surface area contributed by atoms with Gasteiger partial charge in [0.15, 0.2) is 4.80 Å². The molecule has 6 rings (SSSR count). The van der Waals surface area contributed by atoms with Crippen molar-refractivity contribution in [2.45, 2.75) is 46.4 Å². The van der Waals surface area contributed by atoms with Crippen LogP contribution in [0.25, 0.3) is 17.0 Å². The second-order valence-electron chi connectivity index (χ2n) is 11.0. The number of para-hydroxylation sites is 1. The predicted octanol–water partition coefficient (Wildman–Crippen LogP) is 6.27. The predicted molar refractivity (Wildman–Crippen MR) is 178 cm³/mol. The van der Waals surface area contributed by atoms with Crippen molar-refractivity contribution in [2.75, 3.05) is 7.11 Å². The molecule has 3 aromatic carbocycles. The third kappa shape index (κ3) is 5.35. The minimum Gasteiger partial charge on any atom is -0.496 e. The van der Waals surface area contributed by atoms with Crippen molar-refractivity contribution in [1.82, 2.24) is 9.13 Å². The number of ether oxygens (including phenoxy) is 2. The second-order valence-corrected chi connectivity index (χ2v) is 12.9. The summed E-state index contributed by atoms with van der Waals surface area (Å²) in [5.41, 5.74) is 5.58. The summed E-state index contributed by atoms with van der Waals surface area (Å²) < 4.78 is 16.6. The first kappa shape index (κ1) is 29.8. The van der Waals surface area contributed by atoms with Gasteiger partial charge in [0.25, 0.3) is 5.56 Å². The largest absolute Gasteiger partial charge is 0.496 e. The molecule has 0 radical (unpaired) electrons. The topological polar surface area (TPSA) is 74.8 Å². The Balaban J connectivity index is 1.58. The maximum absolute atomic E-state index is 14.4. The Labute approximate surface area is 267 Å². The normalized spacial score (nSPS) is 15.1. The lowest BCUT2D eigenvalue weighted by Gasteiger charge is -2.26. The van der Waals surface area contributed by atoms with Crippen molar-refractivity contribution < 1.29 is 14.3 Å². The van der Waals surface area contributed by atoms with Gasteiger partial charge in [-0.15, -0.1) is 0 Å². The summed E-state index contributed by atoms with van der Waals surface area (Å²) in [6.07, 6.45) is 1.62. The van der Waals surface area contributed by atoms with E-state index in [0.29, 0.717) is 38.5 Å². The van der Waals surface area contributed by atoms with Crippen molar-refractivity contribution >= 4 is 50.2 Å². The smallest absolute Gasteiger partial charge is 0.338 e. The minimum atomic E-state index is -0.785. The Morgan fingerprint density at radius 2 is 1.80 bits per heavy atom. The van der Waals surface area contributed by atoms with Crippen molar-refractivity contribution in [3.63, 3.8) is 0 Å². The second kappa shape index (κ2) is 12.1. The lowest BCUT2D eigenvalue weighted by atomic mass is 9.95. The van der Waals surface area contributed by atoms with E-state index in [1.807, 2.05) is 54.6 Å². The van der Waals surface area contributed by atoms with Crippen LogP contribution in [0.5, 0.6) is 5.75 Å². The van der Waals surface area contributed by atoms with Gasteiger partial charge in [-0.1, -0.05) is 75.8 Å². The Morgan fingerprint density at radius 3 is 2.52 bits per heavy atom. The number of thiazole rings is 1. The molecule has 5 aromatic rings. The molecule has 1 atom stereocenters. The molecule has 1 aliphatic rings. The first-order chi connectivity index (χ1) is 21.2. The number of hydrogen-bond acceptors (Lipinski definition) is 6. The molecule has 9 heteroatoms. The number of halogens is 1. The molecule has 224 valence electrons. The van der Waals surface area contributed by atoms with Gasteiger partial charge in [0.2, 0.25) is 0 Å². The number of carbonyl (C=O) groups excluding carboxylic acids is 1. The van der Waals surface area contributed by atoms with Gasteiger partial charge >= 0.3 is 5.97 Å². The maximum atomic E-state index is 14.4. The number of nitrogens with zero attached hydrogens (tertiary/aromatic N) is 3. The fourth-order valence-electron chi connectivity index (χ4n) is 5.81. The van der Waals surface area contributed by atoms with Gasteiger partial charge in [0.1, 0.15) is 11.8 Å². The summed E-state index contributed by atoms with van der Waals surface area (Å²) in [5.74, 6) is 0.0412. The molecule has 0 saturated carbocycles. The molecular weight excluding hydrogens is 638 g/mol. The van der Waals surface area contributed by atoms with E-state index in [1.165, 1.54) is 16.9 Å². The third-order valence-electron chi connectivity index (χ3n) is 7.81. The van der Waals surface area contributed by atoms with Crippen LogP contribution >= 0.6 is 27.3 Å². The molecule has 0 bridgehead atoms. The van der Waals surface area contributed by atoms with Gasteiger partial charge in [0.05, 0.1) is 29.0 Å². The molecular formula is C35H32BrN3O4S. The van der Waals surface area contributed by atoms with Gasteiger partial charge in [0, 0.05) is 38.7 Å². The van der Waals surface area contributed by atoms with E-state index in [0.717, 1.165) is 26.6 Å². The minimum absolute atomic E-state index is 0.234. The molecule has 0 N–H and O–H groups in total. The van der Waals surface area contributed by atoms with E-state index in [2.05, 4.69) is 51.7 Å². The number of aromatic nitrogens is 2. The SMILES string of the molecule is COc1ccc(Br)cc1[C@@H]1C(C(=O)OC(C)C)=C(C)N=c2s/c(=C\c3c(C)n(Cc4ccccc4)c4ccccc34)c(=O)n21. The maximum Gasteiger partial charge on any atom is 0.338 e. The van der Waals surface area contributed by atoms with Crippen molar-refractivity contribution in [2.24, 2.45) is 4.99 Å². The first-order valence-electron chi connectivity index (χ1n) is 14.4. The zero-order valence-corrected chi connectivity index (χ0v) is 27.5. The van der Waals surface area contributed by atoms with E-state index in [4.69, 9.17) is 14.5 Å². The zero-order valence-electron chi connectivity index (χ0n) is 25.1. The summed E-state index contributed by atoms with van der Waals surface area (Å²) in [5, 5.41) is 1.06. The van der Waals surface area contributed by atoms with Crippen LogP contribution in [0.4, 0.5) is 0 Å². The van der Waals surface area contributed by atoms with Crippen LogP contribution in [0.3, 0.4) is 0 Å². The molecule has 1 aliphatic heterocycles. The summed E-state index contributed by atoms with van der Waals surface area (Å²) >= 11 is 4.88. The molecule has 3 heterocycles. The highest BCUT2D eigenvalue weighted by Gasteiger charge is 2.35. The number of benzene rings is 3. The highest BCUT2D eigenvalue weighted by Crippen LogP contribution is 2.37. The average molecular weight is 671 g/mol. The summed E-state index contributed by atoms with van der Waals surface area (Å²) in [4.78, 5) is 33.2. The van der Waals surface area contributed by atoms with Gasteiger partial charge < -0.3 is 14.0 Å². The van der Waals surface area contributed by atoms with Crippen LogP contribution in [-0.4, -0.2) is 28.3 Å². The molecule has 0 spiro atoms. The Bertz CT molecular complexity index is 2120. The van der Waals surface area contributed by atoms with E-state index in [1.54, 1.807) is 32.4 Å². The summed E-state index contributed by atoms with van der Waals surface area (Å²) in [6, 6.07) is 23.4. The highest BCUT2D eigenvalue weighted by molar-refractivity contribution is 9.10. The highest BCUT2D eigenvalue weighted by atomic mass is 79.9. The number of hydrogen-bond donors (Lipinski definition) is 0. The monoisotopic (exact) mass is 669 g/mol. The standard InChI is InChI=1S/C35H32BrN3O4S/c1-20(2)43-34(41)31-21(3)37-35-39(32(31)27-17-24(36)15-16-29(27)42-5)33(40)30(44-35)18-26-22(4)38(19-23-11-7-6-8-12-23)28-14-10-9-13-25(26)28/h6-18,20,32H,19H2,1-5H3/b30-18-/t32-/m1/s1. The van der Waals surface area contributed by atoms with E-state index < -0.39 is 12.0 Å². The van der Waals surface area contributed by atoms with E-state index in [9.17, 15) is 9.59 Å². The number of carbonyl (C=O) groups is 1. The quantitative estimate of drug-likeness (QED) is 0.192. The number of rotatable bonds is 7. The van der Waals surface area contributed by atoms with Crippen LogP contribution < -0.4 is 19.6 Å². The summed E-state index contributed by atoms with van der Waals surface area (Å²) in [6.45, 7) is 8.19. The van der Waals surface area contributed by atoms with E-state index >= 15 is 0 Å². The lowest BCUT2D eigenvalue weighted by molar-refractivity contribution is -0.143. The van der Waals surface area contributed by atoms with Crippen LogP contribution in [0, 0.1) is 6.92 Å². The molecule has 2 aromatic heterocycles. The van der Waals surface area contributed by atoms with Gasteiger partial charge in [-0.3, -0.25) is 9.36 Å². The van der Waals surface area contributed by atoms with Crippen LogP contribution in [0.15, 0.2) is 98.3 Å². The lowest BCUT2D eigenvalue weighted by Crippen LogP contribution is -2.40. The number of fused-ring (bicyclic) bond motifs is 2. The molecule has 0 fully saturated rings. The van der Waals surface area contributed by atoms with E-state index in [-0.39, 0.29) is 11.7 Å². The van der Waals surface area contributed by atoms with Gasteiger partial charge in [-0.05, 0) is 63.6 Å². The Morgan fingerprint density at radius 1 is 1.07 bits per heavy atom. The average Bonchev–Trinajstić information content (AvgIpc) is 3.45.